The molecule has 0 radical (unpaired) electrons. The molecule has 7 rings (SSSR count). The first-order chi connectivity index (χ1) is 19.9. The molecule has 7 aromatic carbocycles. The number of halogens is 2. The third-order valence-corrected chi connectivity index (χ3v) is 9.82. The predicted molar refractivity (Wildman–Crippen MR) is 191 cm³/mol. The maximum atomic E-state index is 3.63. The Balaban J connectivity index is 1.71. The second-order valence-corrected chi connectivity index (χ2v) is 15.6. The molecule has 0 N–H and O–H groups in total. The van der Waals surface area contributed by atoms with E-state index in [0.717, 1.165) is 8.95 Å². The van der Waals surface area contributed by atoms with Gasteiger partial charge in [-0.15, -0.1) is 0 Å². The predicted octanol–water partition coefficient (Wildman–Crippen LogP) is 13.2. The van der Waals surface area contributed by atoms with Gasteiger partial charge in [-0.05, 0) is 148 Å². The minimum absolute atomic E-state index is 0.0384. The molecule has 0 aliphatic rings. The molecule has 208 valence electrons. The van der Waals surface area contributed by atoms with Crippen molar-refractivity contribution < 1.29 is 0 Å². The van der Waals surface area contributed by atoms with Gasteiger partial charge in [-0.25, -0.2) is 0 Å². The van der Waals surface area contributed by atoms with Crippen molar-refractivity contribution >= 4 is 74.9 Å². The minimum Gasteiger partial charge on any atom is -0.0561 e. The monoisotopic (exact) mass is 672 g/mol. The minimum atomic E-state index is 0.0384. The van der Waals surface area contributed by atoms with E-state index in [2.05, 4.69) is 170 Å². The summed E-state index contributed by atoms with van der Waals surface area (Å²) >= 11 is 7.25. The van der Waals surface area contributed by atoms with Crippen LogP contribution in [-0.4, -0.2) is 0 Å². The van der Waals surface area contributed by atoms with Gasteiger partial charge in [0.2, 0.25) is 0 Å². The Morgan fingerprint density at radius 3 is 1.07 bits per heavy atom. The van der Waals surface area contributed by atoms with Gasteiger partial charge in [-0.1, -0.05) is 110 Å². The van der Waals surface area contributed by atoms with E-state index in [1.807, 2.05) is 0 Å². The lowest BCUT2D eigenvalue weighted by molar-refractivity contribution is 0.590. The summed E-state index contributed by atoms with van der Waals surface area (Å²) in [5.74, 6) is 0. The maximum absolute atomic E-state index is 3.63. The fraction of sp³-hybridized carbons (Fsp3) is 0.200. The summed E-state index contributed by atoms with van der Waals surface area (Å²) in [6, 6.07) is 36.8. The van der Waals surface area contributed by atoms with Gasteiger partial charge in [0.25, 0.3) is 0 Å². The molecule has 0 heterocycles. The zero-order valence-corrected chi connectivity index (χ0v) is 28.2. The van der Waals surface area contributed by atoms with Crippen LogP contribution in [0.3, 0.4) is 0 Å². The van der Waals surface area contributed by atoms with Gasteiger partial charge in [0.05, 0.1) is 0 Å². The molecule has 0 nitrogen and oxygen atoms in total. The molecule has 0 aliphatic carbocycles. The third kappa shape index (κ3) is 4.64. The van der Waals surface area contributed by atoms with Crippen LogP contribution >= 0.6 is 31.9 Å². The summed E-state index contributed by atoms with van der Waals surface area (Å²) in [6.07, 6.45) is 0. The van der Waals surface area contributed by atoms with Crippen molar-refractivity contribution in [2.45, 2.75) is 52.4 Å². The third-order valence-electron chi connectivity index (χ3n) is 8.77. The molecule has 42 heavy (non-hydrogen) atoms. The van der Waals surface area contributed by atoms with Crippen molar-refractivity contribution in [3.05, 3.63) is 117 Å². The molecule has 0 spiro atoms. The van der Waals surface area contributed by atoms with Gasteiger partial charge in [0, 0.05) is 8.95 Å². The van der Waals surface area contributed by atoms with Gasteiger partial charge in [0.15, 0.2) is 0 Å². The average Bonchev–Trinajstić information content (AvgIpc) is 2.94. The Labute approximate surface area is 265 Å². The van der Waals surface area contributed by atoms with Crippen LogP contribution in [0.15, 0.2) is 106 Å². The average molecular weight is 675 g/mol. The Hall–Kier alpha value is -3.20. The first-order valence-corrected chi connectivity index (χ1v) is 16.2. The van der Waals surface area contributed by atoms with Crippen LogP contribution in [0.2, 0.25) is 0 Å². The first kappa shape index (κ1) is 27.6. The fourth-order valence-electron chi connectivity index (χ4n) is 6.37. The van der Waals surface area contributed by atoms with Crippen LogP contribution in [0.25, 0.3) is 65.3 Å². The molecule has 0 aliphatic heterocycles. The Morgan fingerprint density at radius 1 is 0.381 bits per heavy atom. The first-order valence-electron chi connectivity index (χ1n) is 14.6. The van der Waals surface area contributed by atoms with Crippen LogP contribution in [0.5, 0.6) is 0 Å². The standard InChI is InChI=1S/C40H34Br2/c1-39(2,3)29-17-28-18-30(40(4,5)6)22-36-34-20-26(24-9-13-32(42)14-10-24)16-27-15-25(23-7-11-31(41)12-8-23)19-33(37(27)34)35(21-29)38(28)36/h7-22H,1-6H3. The van der Waals surface area contributed by atoms with Crippen LogP contribution in [0, 0.1) is 0 Å². The van der Waals surface area contributed by atoms with E-state index in [1.54, 1.807) is 0 Å². The molecule has 0 unspecified atom stereocenters. The normalized spacial score (nSPS) is 12.8. The molecule has 7 aromatic rings. The van der Waals surface area contributed by atoms with Gasteiger partial charge in [-0.3, -0.25) is 0 Å². The number of rotatable bonds is 2. The lowest BCUT2D eigenvalue weighted by atomic mass is 9.78. The van der Waals surface area contributed by atoms with Crippen LogP contribution in [0.4, 0.5) is 0 Å². The maximum Gasteiger partial charge on any atom is 0.0175 e. The zero-order chi connectivity index (χ0) is 29.6. The van der Waals surface area contributed by atoms with E-state index in [9.17, 15) is 0 Å². The lowest BCUT2D eigenvalue weighted by Gasteiger charge is -2.26. The zero-order valence-electron chi connectivity index (χ0n) is 25.0. The molecule has 0 amide bonds. The molecule has 0 saturated heterocycles. The number of hydrogen-bond donors (Lipinski definition) is 0. The van der Waals surface area contributed by atoms with E-state index in [0.29, 0.717) is 0 Å². The van der Waals surface area contributed by atoms with Crippen molar-refractivity contribution in [1.82, 2.24) is 0 Å². The largest absolute Gasteiger partial charge is 0.0561 e. The van der Waals surface area contributed by atoms with Crippen molar-refractivity contribution in [2.75, 3.05) is 0 Å². The summed E-state index contributed by atoms with van der Waals surface area (Å²) in [5.41, 5.74) is 7.76. The Bertz CT molecular complexity index is 1990. The van der Waals surface area contributed by atoms with Crippen molar-refractivity contribution in [3.63, 3.8) is 0 Å². The SMILES string of the molecule is CC(C)(C)c1cc2cc(C(C)(C)C)cc3c4cc(-c5ccc(Br)cc5)cc5cc(-c6ccc(Br)cc6)cc(c(c1)c23)c54. The molecule has 0 fully saturated rings. The Kier molecular flexibility index (Phi) is 6.35. The van der Waals surface area contributed by atoms with Gasteiger partial charge in [0.1, 0.15) is 0 Å². The van der Waals surface area contributed by atoms with Crippen LogP contribution in [0.1, 0.15) is 52.7 Å². The number of hydrogen-bond acceptors (Lipinski definition) is 0. The molecule has 0 atom stereocenters. The fourth-order valence-corrected chi connectivity index (χ4v) is 6.89. The summed E-state index contributed by atoms with van der Waals surface area (Å²) in [6.45, 7) is 13.9. The van der Waals surface area contributed by atoms with E-state index >= 15 is 0 Å². The molecule has 2 heteroatoms. The highest BCUT2D eigenvalue weighted by molar-refractivity contribution is 9.10. The molecular formula is C40H34Br2. The van der Waals surface area contributed by atoms with E-state index in [-0.39, 0.29) is 10.8 Å². The topological polar surface area (TPSA) is 0 Å². The molecular weight excluding hydrogens is 640 g/mol. The van der Waals surface area contributed by atoms with Gasteiger partial charge in [-0.2, -0.15) is 0 Å². The highest BCUT2D eigenvalue weighted by Crippen LogP contribution is 2.46. The molecule has 0 aromatic heterocycles. The van der Waals surface area contributed by atoms with Crippen LogP contribution in [-0.2, 0) is 10.8 Å². The summed E-state index contributed by atoms with van der Waals surface area (Å²) in [4.78, 5) is 0. The van der Waals surface area contributed by atoms with E-state index in [1.165, 1.54) is 76.5 Å². The summed E-state index contributed by atoms with van der Waals surface area (Å²) in [7, 11) is 0. The highest BCUT2D eigenvalue weighted by Gasteiger charge is 2.23. The quantitative estimate of drug-likeness (QED) is 0.127. The highest BCUT2D eigenvalue weighted by atomic mass is 79.9. The van der Waals surface area contributed by atoms with Crippen LogP contribution < -0.4 is 0 Å². The summed E-state index contributed by atoms with van der Waals surface area (Å²) in [5, 5.41) is 10.7. The van der Waals surface area contributed by atoms with Crippen molar-refractivity contribution in [3.8, 4) is 22.3 Å². The Morgan fingerprint density at radius 2 is 0.714 bits per heavy atom. The molecule has 0 saturated carbocycles. The van der Waals surface area contributed by atoms with Crippen molar-refractivity contribution in [2.24, 2.45) is 0 Å². The number of benzene rings is 7. The second-order valence-electron chi connectivity index (χ2n) is 13.8. The van der Waals surface area contributed by atoms with Gasteiger partial charge >= 0.3 is 0 Å². The number of fused-ring (bicyclic) bond motifs is 2. The van der Waals surface area contributed by atoms with E-state index in [4.69, 9.17) is 0 Å². The summed E-state index contributed by atoms with van der Waals surface area (Å²) < 4.78 is 2.19. The second kappa shape index (κ2) is 9.66. The van der Waals surface area contributed by atoms with E-state index < -0.39 is 0 Å². The van der Waals surface area contributed by atoms with Gasteiger partial charge < -0.3 is 0 Å². The smallest absolute Gasteiger partial charge is 0.0175 e. The van der Waals surface area contributed by atoms with Crippen molar-refractivity contribution in [1.29, 1.82) is 0 Å². The molecule has 0 bridgehead atoms. The lowest BCUT2D eigenvalue weighted by Crippen LogP contribution is -2.12.